The topological polar surface area (TPSA) is 61.8 Å². The molecule has 2 heterocycles. The minimum atomic E-state index is -0.465. The molecule has 5 heteroatoms. The Morgan fingerprint density at radius 2 is 1.88 bits per heavy atom. The minimum Gasteiger partial charge on any atom is -0.392 e. The molecule has 1 aromatic heterocycles. The highest BCUT2D eigenvalue weighted by Crippen LogP contribution is 2.66. The summed E-state index contributed by atoms with van der Waals surface area (Å²) >= 11 is 0. The zero-order chi connectivity index (χ0) is 23.0. The van der Waals surface area contributed by atoms with E-state index >= 15 is 0 Å². The number of halogens is 1. The molecule has 4 bridgehead atoms. The molecule has 0 amide bonds. The molecular formula is C29H28FN3O. The molecule has 5 aliphatic rings. The van der Waals surface area contributed by atoms with E-state index in [0.29, 0.717) is 41.2 Å². The van der Waals surface area contributed by atoms with Gasteiger partial charge in [0.1, 0.15) is 5.82 Å². The van der Waals surface area contributed by atoms with Crippen LogP contribution in [0.15, 0.2) is 55.0 Å². The maximum absolute atomic E-state index is 15.0. The summed E-state index contributed by atoms with van der Waals surface area (Å²) in [5.41, 5.74) is 4.54. The highest BCUT2D eigenvalue weighted by atomic mass is 19.1. The van der Waals surface area contributed by atoms with E-state index in [0.717, 1.165) is 30.5 Å². The molecular weight excluding hydrogens is 425 g/mol. The van der Waals surface area contributed by atoms with Crippen LogP contribution < -0.4 is 0 Å². The zero-order valence-electron chi connectivity index (χ0n) is 19.1. The van der Waals surface area contributed by atoms with Gasteiger partial charge in [-0.25, -0.2) is 9.37 Å². The van der Waals surface area contributed by atoms with Crippen LogP contribution in [-0.4, -0.2) is 20.8 Å². The Bertz CT molecular complexity index is 1290. The predicted octanol–water partition coefficient (Wildman–Crippen LogP) is 5.82. The van der Waals surface area contributed by atoms with Crippen LogP contribution in [0.25, 0.3) is 11.3 Å². The number of hydrogen-bond donors (Lipinski definition) is 1. The number of nitriles is 1. The van der Waals surface area contributed by atoms with E-state index in [-0.39, 0.29) is 17.3 Å². The average molecular weight is 454 g/mol. The minimum absolute atomic E-state index is 0.0751. The Morgan fingerprint density at radius 3 is 2.62 bits per heavy atom. The number of aliphatic hydroxyl groups excluding tert-OH is 1. The van der Waals surface area contributed by atoms with Crippen LogP contribution in [0.3, 0.4) is 0 Å². The van der Waals surface area contributed by atoms with Crippen molar-refractivity contribution in [1.29, 1.82) is 5.26 Å². The Labute approximate surface area is 199 Å². The van der Waals surface area contributed by atoms with Crippen molar-refractivity contribution >= 4 is 0 Å². The smallest absolute Gasteiger partial charge is 0.129 e. The van der Waals surface area contributed by atoms with Gasteiger partial charge in [0.15, 0.2) is 0 Å². The summed E-state index contributed by atoms with van der Waals surface area (Å²) in [5, 5.41) is 21.0. The SMILES string of the molecule is N#Cc1ccc(C2C3CC4CC2CC(C(O)CC2c5c(F)cccc5-c5cncn52)(C4)C3)cc1. The van der Waals surface area contributed by atoms with Crippen LogP contribution >= 0.6 is 0 Å². The second kappa shape index (κ2) is 7.26. The molecule has 4 fully saturated rings. The van der Waals surface area contributed by atoms with Gasteiger partial charge in [-0.3, -0.25) is 0 Å². The predicted molar refractivity (Wildman–Crippen MR) is 126 cm³/mol. The fourth-order valence-electron chi connectivity index (χ4n) is 8.51. The summed E-state index contributed by atoms with van der Waals surface area (Å²) in [6.07, 6.45) is 9.31. The fourth-order valence-corrected chi connectivity index (χ4v) is 8.51. The molecule has 0 saturated heterocycles. The average Bonchev–Trinajstić information content (AvgIpc) is 3.42. The van der Waals surface area contributed by atoms with Crippen LogP contribution in [0, 0.1) is 40.3 Å². The molecule has 3 aromatic rings. The van der Waals surface area contributed by atoms with Gasteiger partial charge in [0.25, 0.3) is 0 Å². The summed E-state index contributed by atoms with van der Waals surface area (Å²) in [7, 11) is 0. The number of benzene rings is 2. The van der Waals surface area contributed by atoms with Gasteiger partial charge in [-0.15, -0.1) is 0 Å². The van der Waals surface area contributed by atoms with Crippen molar-refractivity contribution in [2.45, 2.75) is 56.6 Å². The normalized spacial score (nSPS) is 33.4. The third kappa shape index (κ3) is 2.81. The van der Waals surface area contributed by atoms with E-state index in [1.54, 1.807) is 18.6 Å². The third-order valence-corrected chi connectivity index (χ3v) is 9.56. The van der Waals surface area contributed by atoms with Crippen LogP contribution in [-0.2, 0) is 0 Å². The lowest BCUT2D eigenvalue weighted by Crippen LogP contribution is -2.54. The molecule has 1 aliphatic heterocycles. The molecule has 8 rings (SSSR count). The van der Waals surface area contributed by atoms with E-state index in [9.17, 15) is 14.8 Å². The Balaban J connectivity index is 1.18. The second-order valence-corrected chi connectivity index (χ2v) is 11.2. The first-order chi connectivity index (χ1) is 16.6. The quantitative estimate of drug-likeness (QED) is 0.541. The van der Waals surface area contributed by atoms with Crippen molar-refractivity contribution in [3.05, 3.63) is 77.5 Å². The number of fused-ring (bicyclic) bond motifs is 3. The molecule has 4 saturated carbocycles. The lowest BCUT2D eigenvalue weighted by Gasteiger charge is -2.62. The van der Waals surface area contributed by atoms with Gasteiger partial charge in [0, 0.05) is 11.1 Å². The molecule has 4 nitrogen and oxygen atoms in total. The summed E-state index contributed by atoms with van der Waals surface area (Å²) in [5.74, 6) is 2.16. The van der Waals surface area contributed by atoms with Crippen LogP contribution in [0.5, 0.6) is 0 Å². The van der Waals surface area contributed by atoms with E-state index in [4.69, 9.17) is 0 Å². The molecule has 172 valence electrons. The molecule has 4 aliphatic carbocycles. The van der Waals surface area contributed by atoms with Gasteiger partial charge in [0.05, 0.1) is 42.0 Å². The largest absolute Gasteiger partial charge is 0.392 e. The fraction of sp³-hybridized carbons (Fsp3) is 0.448. The van der Waals surface area contributed by atoms with Crippen LogP contribution in [0.2, 0.25) is 0 Å². The highest BCUT2D eigenvalue weighted by molar-refractivity contribution is 5.69. The Morgan fingerprint density at radius 1 is 1.12 bits per heavy atom. The van der Waals surface area contributed by atoms with Crippen molar-refractivity contribution in [2.75, 3.05) is 0 Å². The van der Waals surface area contributed by atoms with Gasteiger partial charge in [-0.05, 0) is 91.4 Å². The summed E-state index contributed by atoms with van der Waals surface area (Å²) in [6, 6.07) is 15.5. The number of imidazole rings is 1. The van der Waals surface area contributed by atoms with Gasteiger partial charge in [-0.1, -0.05) is 24.3 Å². The van der Waals surface area contributed by atoms with Crippen LogP contribution in [0.1, 0.15) is 67.2 Å². The standard InChI is InChI=1S/C29H28FN3O/c30-23-3-1-2-22-25-15-32-16-33(25)24(28(22)23)10-26(34)29-11-18-8-20(12-29)27(21(9-18)13-29)19-6-4-17(14-31)5-7-19/h1-7,15-16,18,20-21,24,26-27,34H,8-13H2. The molecule has 0 spiro atoms. The molecule has 2 aromatic carbocycles. The summed E-state index contributed by atoms with van der Waals surface area (Å²) < 4.78 is 17.0. The van der Waals surface area contributed by atoms with Crippen molar-refractivity contribution in [3.8, 4) is 17.3 Å². The van der Waals surface area contributed by atoms with Crippen molar-refractivity contribution in [3.63, 3.8) is 0 Å². The maximum Gasteiger partial charge on any atom is 0.129 e. The monoisotopic (exact) mass is 453 g/mol. The van der Waals surface area contributed by atoms with Crippen molar-refractivity contribution in [2.24, 2.45) is 23.2 Å². The van der Waals surface area contributed by atoms with Gasteiger partial charge >= 0.3 is 0 Å². The first kappa shape index (κ1) is 20.4. The van der Waals surface area contributed by atoms with E-state index in [1.165, 1.54) is 24.5 Å². The first-order valence-corrected chi connectivity index (χ1v) is 12.5. The summed E-state index contributed by atoms with van der Waals surface area (Å²) in [4.78, 5) is 4.32. The molecule has 0 radical (unpaired) electrons. The van der Waals surface area contributed by atoms with Gasteiger partial charge < -0.3 is 9.67 Å². The zero-order valence-corrected chi connectivity index (χ0v) is 19.1. The lowest BCUT2D eigenvalue weighted by molar-refractivity contribution is -0.134. The number of hydrogen-bond acceptors (Lipinski definition) is 3. The van der Waals surface area contributed by atoms with E-state index in [1.807, 2.05) is 18.2 Å². The van der Waals surface area contributed by atoms with Crippen LogP contribution in [0.4, 0.5) is 4.39 Å². The molecule has 1 N–H and O–H groups in total. The Hall–Kier alpha value is -2.97. The molecule has 34 heavy (non-hydrogen) atoms. The number of nitrogens with zero attached hydrogens (tertiary/aromatic N) is 3. The van der Waals surface area contributed by atoms with Crippen molar-refractivity contribution < 1.29 is 9.50 Å². The van der Waals surface area contributed by atoms with E-state index < -0.39 is 6.10 Å². The summed E-state index contributed by atoms with van der Waals surface area (Å²) in [6.45, 7) is 0. The van der Waals surface area contributed by atoms with E-state index in [2.05, 4.69) is 27.8 Å². The number of rotatable bonds is 4. The number of aliphatic hydroxyl groups is 1. The number of aromatic nitrogens is 2. The third-order valence-electron chi connectivity index (χ3n) is 9.56. The van der Waals surface area contributed by atoms with Gasteiger partial charge in [0.2, 0.25) is 0 Å². The van der Waals surface area contributed by atoms with Crippen molar-refractivity contribution in [1.82, 2.24) is 9.55 Å². The molecule has 4 unspecified atom stereocenters. The second-order valence-electron chi connectivity index (χ2n) is 11.2. The molecule has 4 atom stereocenters. The highest BCUT2D eigenvalue weighted by Gasteiger charge is 2.58. The Kier molecular flexibility index (Phi) is 4.36. The lowest BCUT2D eigenvalue weighted by atomic mass is 9.44. The first-order valence-electron chi connectivity index (χ1n) is 12.5. The maximum atomic E-state index is 15.0. The van der Waals surface area contributed by atoms with Gasteiger partial charge in [-0.2, -0.15) is 5.26 Å².